The molecule has 0 spiro atoms. The summed E-state index contributed by atoms with van der Waals surface area (Å²) in [5, 5.41) is 0. The van der Waals surface area contributed by atoms with Gasteiger partial charge in [0.2, 0.25) is 0 Å². The molecule has 0 bridgehead atoms. The van der Waals surface area contributed by atoms with Crippen molar-refractivity contribution in [3.8, 4) is 0 Å². The van der Waals surface area contributed by atoms with Crippen molar-refractivity contribution < 1.29 is 14.6 Å². The van der Waals surface area contributed by atoms with E-state index in [9.17, 15) is 4.79 Å². The van der Waals surface area contributed by atoms with Crippen LogP contribution in [0.5, 0.6) is 0 Å². The van der Waals surface area contributed by atoms with Gasteiger partial charge in [-0.05, 0) is 25.0 Å². The molecule has 0 amide bonds. The number of unbranched alkanes of at least 4 members (excludes halogenated alkanes) is 11. The average molecular weight is 349 g/mol. The molecule has 142 valence electrons. The van der Waals surface area contributed by atoms with Crippen molar-refractivity contribution in [2.24, 2.45) is 0 Å². The van der Waals surface area contributed by atoms with Gasteiger partial charge in [-0.3, -0.25) is 4.89 Å². The van der Waals surface area contributed by atoms with Crippen LogP contribution in [0.3, 0.4) is 0 Å². The molecule has 0 N–H and O–H groups in total. The van der Waals surface area contributed by atoms with Crippen LogP contribution in [0.15, 0.2) is 24.3 Å². The molecule has 1 aromatic rings. The quantitative estimate of drug-likeness (QED) is 0.199. The Labute approximate surface area is 154 Å². The molecule has 0 saturated carbocycles. The summed E-state index contributed by atoms with van der Waals surface area (Å²) in [7, 11) is 0. The zero-order valence-corrected chi connectivity index (χ0v) is 16.2. The van der Waals surface area contributed by atoms with Gasteiger partial charge in [-0.1, -0.05) is 95.8 Å². The predicted molar refractivity (Wildman–Crippen MR) is 104 cm³/mol. The van der Waals surface area contributed by atoms with Crippen molar-refractivity contribution in [2.75, 3.05) is 6.61 Å². The van der Waals surface area contributed by atoms with Gasteiger partial charge in [-0.15, -0.1) is 0 Å². The molecular weight excluding hydrogens is 312 g/mol. The van der Waals surface area contributed by atoms with E-state index in [0.717, 1.165) is 18.4 Å². The molecule has 0 aromatic heterocycles. The minimum absolute atomic E-state index is 0.406. The zero-order chi connectivity index (χ0) is 18.2. The fourth-order valence-corrected chi connectivity index (χ4v) is 2.94. The first-order valence-corrected chi connectivity index (χ1v) is 10.1. The van der Waals surface area contributed by atoms with E-state index in [1.165, 1.54) is 64.2 Å². The van der Waals surface area contributed by atoms with E-state index in [-0.39, 0.29) is 0 Å². The van der Waals surface area contributed by atoms with Crippen molar-refractivity contribution in [1.82, 2.24) is 0 Å². The van der Waals surface area contributed by atoms with Crippen LogP contribution >= 0.6 is 0 Å². The molecule has 0 aliphatic rings. The van der Waals surface area contributed by atoms with Gasteiger partial charge >= 0.3 is 5.97 Å². The lowest BCUT2D eigenvalue weighted by Crippen LogP contribution is -2.08. The fraction of sp³-hybridized carbons (Fsp3) is 0.682. The van der Waals surface area contributed by atoms with Crippen LogP contribution in [0.1, 0.15) is 99.9 Å². The molecule has 0 fully saturated rings. The summed E-state index contributed by atoms with van der Waals surface area (Å²) in [6.07, 6.45) is 15.7. The highest BCUT2D eigenvalue weighted by atomic mass is 17.2. The summed E-state index contributed by atoms with van der Waals surface area (Å²) in [5.74, 6) is -0.406. The zero-order valence-electron chi connectivity index (χ0n) is 16.2. The van der Waals surface area contributed by atoms with Gasteiger partial charge in [0.05, 0.1) is 12.2 Å². The Morgan fingerprint density at radius 2 is 1.32 bits per heavy atom. The molecule has 0 unspecified atom stereocenters. The van der Waals surface area contributed by atoms with Gasteiger partial charge in [0.25, 0.3) is 0 Å². The highest BCUT2D eigenvalue weighted by Gasteiger charge is 2.10. The van der Waals surface area contributed by atoms with Crippen molar-refractivity contribution in [3.63, 3.8) is 0 Å². The van der Waals surface area contributed by atoms with Gasteiger partial charge in [0.15, 0.2) is 0 Å². The Morgan fingerprint density at radius 3 is 1.88 bits per heavy atom. The van der Waals surface area contributed by atoms with E-state index >= 15 is 0 Å². The summed E-state index contributed by atoms with van der Waals surface area (Å²) in [5.41, 5.74) is 1.47. The number of carbonyl (C=O) groups is 1. The largest absolute Gasteiger partial charge is 0.373 e. The Hall–Kier alpha value is -1.35. The predicted octanol–water partition coefficient (Wildman–Crippen LogP) is 6.78. The smallest absolute Gasteiger partial charge is 0.293 e. The standard InChI is InChI=1S/C22H36O3/c1-3-4-5-6-7-8-9-10-11-12-13-16-19-24-25-22(23)21-18-15-14-17-20(21)2/h14-15,17-18H,3-13,16,19H2,1-2H3. The SMILES string of the molecule is CCCCCCCCCCCCCCOOC(=O)c1ccccc1C. The monoisotopic (exact) mass is 348 g/mol. The molecule has 0 heterocycles. The second-order valence-corrected chi connectivity index (χ2v) is 6.90. The Morgan fingerprint density at radius 1 is 0.800 bits per heavy atom. The molecular formula is C22H36O3. The molecule has 1 aromatic carbocycles. The number of carbonyl (C=O) groups excluding carboxylic acids is 1. The van der Waals surface area contributed by atoms with Crippen molar-refractivity contribution in [3.05, 3.63) is 35.4 Å². The lowest BCUT2D eigenvalue weighted by Gasteiger charge is -2.06. The molecule has 0 radical (unpaired) electrons. The molecule has 1 rings (SSSR count). The van der Waals surface area contributed by atoms with Crippen molar-refractivity contribution >= 4 is 5.97 Å². The van der Waals surface area contributed by atoms with Crippen LogP contribution in [-0.2, 0) is 9.78 Å². The van der Waals surface area contributed by atoms with Gasteiger partial charge in [0, 0.05) is 0 Å². The minimum Gasteiger partial charge on any atom is -0.293 e. The van der Waals surface area contributed by atoms with E-state index in [2.05, 4.69) is 6.92 Å². The van der Waals surface area contributed by atoms with Gasteiger partial charge in [-0.2, -0.15) is 4.89 Å². The van der Waals surface area contributed by atoms with Crippen LogP contribution in [0.2, 0.25) is 0 Å². The van der Waals surface area contributed by atoms with Crippen LogP contribution in [-0.4, -0.2) is 12.6 Å². The molecule has 0 atom stereocenters. The van der Waals surface area contributed by atoms with E-state index in [1.54, 1.807) is 6.07 Å². The summed E-state index contributed by atoms with van der Waals surface area (Å²) in [6.45, 7) is 4.64. The van der Waals surface area contributed by atoms with Crippen LogP contribution in [0.4, 0.5) is 0 Å². The number of rotatable bonds is 15. The maximum atomic E-state index is 11.8. The summed E-state index contributed by atoms with van der Waals surface area (Å²) >= 11 is 0. The van der Waals surface area contributed by atoms with Crippen molar-refractivity contribution in [1.29, 1.82) is 0 Å². The molecule has 3 heteroatoms. The lowest BCUT2D eigenvalue weighted by molar-refractivity contribution is -0.241. The topological polar surface area (TPSA) is 35.5 Å². The highest BCUT2D eigenvalue weighted by molar-refractivity contribution is 5.90. The molecule has 0 aliphatic heterocycles. The normalized spacial score (nSPS) is 10.8. The van der Waals surface area contributed by atoms with E-state index < -0.39 is 5.97 Å². The van der Waals surface area contributed by atoms with Crippen LogP contribution in [0.25, 0.3) is 0 Å². The number of hydrogen-bond acceptors (Lipinski definition) is 3. The van der Waals surface area contributed by atoms with Crippen LogP contribution < -0.4 is 0 Å². The lowest BCUT2D eigenvalue weighted by atomic mass is 10.1. The van der Waals surface area contributed by atoms with Gasteiger partial charge < -0.3 is 0 Å². The third-order valence-corrected chi connectivity index (χ3v) is 4.58. The second kappa shape index (κ2) is 14.9. The Bertz CT molecular complexity index is 456. The van der Waals surface area contributed by atoms with Gasteiger partial charge in [-0.25, -0.2) is 4.79 Å². The molecule has 0 aliphatic carbocycles. The first-order chi connectivity index (χ1) is 12.3. The molecule has 3 nitrogen and oxygen atoms in total. The maximum absolute atomic E-state index is 11.8. The van der Waals surface area contributed by atoms with E-state index in [1.807, 2.05) is 25.1 Å². The number of benzene rings is 1. The summed E-state index contributed by atoms with van der Waals surface area (Å²) < 4.78 is 0. The Kier molecular flexibility index (Phi) is 13.0. The molecule has 25 heavy (non-hydrogen) atoms. The van der Waals surface area contributed by atoms with Gasteiger partial charge in [0.1, 0.15) is 0 Å². The highest BCUT2D eigenvalue weighted by Crippen LogP contribution is 2.12. The minimum atomic E-state index is -0.406. The first-order valence-electron chi connectivity index (χ1n) is 10.1. The summed E-state index contributed by atoms with van der Waals surface area (Å²) in [6, 6.07) is 7.38. The average Bonchev–Trinajstić information content (AvgIpc) is 2.62. The van der Waals surface area contributed by atoms with Crippen molar-refractivity contribution in [2.45, 2.75) is 90.9 Å². The number of hydrogen-bond donors (Lipinski definition) is 0. The second-order valence-electron chi connectivity index (χ2n) is 6.90. The Balaban J connectivity index is 1.86. The number of aryl methyl sites for hydroxylation is 1. The maximum Gasteiger partial charge on any atom is 0.373 e. The molecule has 0 saturated heterocycles. The third kappa shape index (κ3) is 11.0. The summed E-state index contributed by atoms with van der Waals surface area (Å²) in [4.78, 5) is 21.8. The fourth-order valence-electron chi connectivity index (χ4n) is 2.94. The third-order valence-electron chi connectivity index (χ3n) is 4.58. The van der Waals surface area contributed by atoms with Crippen LogP contribution in [0, 0.1) is 6.92 Å². The van der Waals surface area contributed by atoms with E-state index in [0.29, 0.717) is 12.2 Å². The first kappa shape index (κ1) is 21.7. The van der Waals surface area contributed by atoms with E-state index in [4.69, 9.17) is 9.78 Å².